The third-order valence-corrected chi connectivity index (χ3v) is 2.84. The number of rotatable bonds is 6. The molecule has 0 saturated heterocycles. The van der Waals surface area contributed by atoms with Crippen molar-refractivity contribution in [2.24, 2.45) is 7.05 Å². The Bertz CT molecular complexity index is 604. The van der Waals surface area contributed by atoms with E-state index in [0.29, 0.717) is 11.3 Å². The lowest BCUT2D eigenvalue weighted by molar-refractivity contribution is -0.0513. The van der Waals surface area contributed by atoms with Crippen LogP contribution in [0.15, 0.2) is 24.4 Å². The number of alkyl halides is 2. The number of aliphatic hydroxyl groups excluding tert-OH is 1. The predicted molar refractivity (Wildman–Crippen MR) is 69.3 cm³/mol. The van der Waals surface area contributed by atoms with E-state index in [2.05, 4.69) is 15.0 Å². The van der Waals surface area contributed by atoms with Crippen molar-refractivity contribution in [3.8, 4) is 11.5 Å². The topological polar surface area (TPSA) is 69.4 Å². The molecule has 1 heterocycles. The lowest BCUT2D eigenvalue weighted by atomic mass is 10.0. The van der Waals surface area contributed by atoms with Crippen molar-refractivity contribution in [2.75, 3.05) is 7.11 Å². The van der Waals surface area contributed by atoms with Gasteiger partial charge in [-0.3, -0.25) is 4.68 Å². The molecular formula is C13H15F2N3O3. The van der Waals surface area contributed by atoms with Crippen LogP contribution in [0, 0.1) is 0 Å². The van der Waals surface area contributed by atoms with Crippen LogP contribution in [-0.2, 0) is 13.5 Å². The molecule has 0 aliphatic carbocycles. The van der Waals surface area contributed by atoms with Crippen molar-refractivity contribution in [3.05, 3.63) is 35.7 Å². The van der Waals surface area contributed by atoms with E-state index < -0.39 is 12.7 Å². The van der Waals surface area contributed by atoms with Crippen LogP contribution in [0.2, 0.25) is 0 Å². The molecule has 0 aliphatic rings. The largest absolute Gasteiger partial charge is 0.493 e. The summed E-state index contributed by atoms with van der Waals surface area (Å²) in [6.45, 7) is -2.97. The Hall–Kier alpha value is -2.22. The second-order valence-corrected chi connectivity index (χ2v) is 4.39. The summed E-state index contributed by atoms with van der Waals surface area (Å²) in [6.07, 6.45) is 0.977. The van der Waals surface area contributed by atoms with Gasteiger partial charge in [0.15, 0.2) is 11.5 Å². The van der Waals surface area contributed by atoms with E-state index in [-0.39, 0.29) is 17.9 Å². The minimum Gasteiger partial charge on any atom is -0.493 e. The Morgan fingerprint density at radius 2 is 2.10 bits per heavy atom. The summed E-state index contributed by atoms with van der Waals surface area (Å²) in [7, 11) is 3.06. The quantitative estimate of drug-likeness (QED) is 0.879. The van der Waals surface area contributed by atoms with E-state index >= 15 is 0 Å². The van der Waals surface area contributed by atoms with Crippen molar-refractivity contribution >= 4 is 0 Å². The maximum absolute atomic E-state index is 12.4. The Morgan fingerprint density at radius 3 is 2.67 bits per heavy atom. The van der Waals surface area contributed by atoms with Crippen molar-refractivity contribution in [2.45, 2.75) is 19.1 Å². The number of aliphatic hydroxyl groups is 1. The van der Waals surface area contributed by atoms with Gasteiger partial charge in [0.2, 0.25) is 0 Å². The number of benzene rings is 1. The van der Waals surface area contributed by atoms with Crippen LogP contribution in [0.4, 0.5) is 8.78 Å². The standard InChI is InChI=1S/C13H15F2N3O3/c1-18-7-9(16-17-18)6-10(19)8-3-4-11(20-2)12(5-8)21-13(14)15/h3-5,7,10,13,19H,6H2,1-2H3. The molecule has 2 aromatic rings. The highest BCUT2D eigenvalue weighted by Gasteiger charge is 2.16. The number of aromatic nitrogens is 3. The van der Waals surface area contributed by atoms with E-state index in [1.807, 2.05) is 0 Å². The molecule has 114 valence electrons. The summed E-state index contributed by atoms with van der Waals surface area (Å²) in [4.78, 5) is 0. The second kappa shape index (κ2) is 6.49. The minimum atomic E-state index is -2.97. The monoisotopic (exact) mass is 299 g/mol. The van der Waals surface area contributed by atoms with Gasteiger partial charge in [-0.25, -0.2) is 0 Å². The molecule has 0 fully saturated rings. The Morgan fingerprint density at radius 1 is 1.33 bits per heavy atom. The molecule has 0 radical (unpaired) electrons. The highest BCUT2D eigenvalue weighted by Crippen LogP contribution is 2.32. The highest BCUT2D eigenvalue weighted by atomic mass is 19.3. The molecule has 21 heavy (non-hydrogen) atoms. The highest BCUT2D eigenvalue weighted by molar-refractivity contribution is 5.43. The second-order valence-electron chi connectivity index (χ2n) is 4.39. The van der Waals surface area contributed by atoms with E-state index in [1.165, 1.54) is 23.9 Å². The molecule has 2 rings (SSSR count). The lowest BCUT2D eigenvalue weighted by Gasteiger charge is -2.14. The SMILES string of the molecule is COc1ccc(C(O)Cc2cn(C)nn2)cc1OC(F)F. The number of hydrogen-bond acceptors (Lipinski definition) is 5. The molecule has 1 aromatic heterocycles. The Kier molecular flexibility index (Phi) is 4.69. The number of nitrogens with zero attached hydrogens (tertiary/aromatic N) is 3. The zero-order chi connectivity index (χ0) is 15.4. The normalized spacial score (nSPS) is 12.5. The number of methoxy groups -OCH3 is 1. The van der Waals surface area contributed by atoms with Gasteiger partial charge in [-0.05, 0) is 17.7 Å². The molecule has 0 saturated carbocycles. The fourth-order valence-electron chi connectivity index (χ4n) is 1.89. The van der Waals surface area contributed by atoms with Crippen LogP contribution >= 0.6 is 0 Å². The molecule has 1 unspecified atom stereocenters. The van der Waals surface area contributed by atoms with Crippen molar-refractivity contribution in [1.82, 2.24) is 15.0 Å². The first kappa shape index (κ1) is 15.2. The fourth-order valence-corrected chi connectivity index (χ4v) is 1.89. The van der Waals surface area contributed by atoms with Crippen molar-refractivity contribution in [1.29, 1.82) is 0 Å². The first-order valence-corrected chi connectivity index (χ1v) is 6.15. The smallest absolute Gasteiger partial charge is 0.387 e. The predicted octanol–water partition coefficient (Wildman–Crippen LogP) is 1.70. The van der Waals surface area contributed by atoms with Gasteiger partial charge in [-0.15, -0.1) is 5.10 Å². The van der Waals surface area contributed by atoms with Crippen LogP contribution < -0.4 is 9.47 Å². The molecule has 0 spiro atoms. The summed E-state index contributed by atoms with van der Waals surface area (Å²) in [5.41, 5.74) is 1.02. The molecule has 1 aromatic carbocycles. The van der Waals surface area contributed by atoms with Crippen molar-refractivity contribution < 1.29 is 23.4 Å². The molecule has 8 heteroatoms. The summed E-state index contributed by atoms with van der Waals surface area (Å²) in [6, 6.07) is 4.37. The molecule has 0 aliphatic heterocycles. The van der Waals surface area contributed by atoms with Gasteiger partial charge in [-0.1, -0.05) is 11.3 Å². The zero-order valence-electron chi connectivity index (χ0n) is 11.5. The zero-order valence-corrected chi connectivity index (χ0v) is 11.5. The van der Waals surface area contributed by atoms with Gasteiger partial charge in [0.1, 0.15) is 0 Å². The minimum absolute atomic E-state index is 0.122. The summed E-state index contributed by atoms with van der Waals surface area (Å²) in [5.74, 6) is 0.0500. The molecule has 6 nitrogen and oxygen atoms in total. The van der Waals surface area contributed by atoms with Gasteiger partial charge >= 0.3 is 6.61 Å². The van der Waals surface area contributed by atoms with Gasteiger partial charge in [-0.2, -0.15) is 8.78 Å². The Balaban J connectivity index is 2.18. The van der Waals surface area contributed by atoms with Crippen LogP contribution in [0.25, 0.3) is 0 Å². The molecular weight excluding hydrogens is 284 g/mol. The maximum Gasteiger partial charge on any atom is 0.387 e. The molecule has 0 bridgehead atoms. The third kappa shape index (κ3) is 3.88. The van der Waals surface area contributed by atoms with Gasteiger partial charge in [0.25, 0.3) is 0 Å². The summed E-state index contributed by atoms with van der Waals surface area (Å²) in [5, 5.41) is 17.8. The molecule has 0 amide bonds. The van der Waals surface area contributed by atoms with E-state index in [0.717, 1.165) is 0 Å². The lowest BCUT2D eigenvalue weighted by Crippen LogP contribution is -2.06. The van der Waals surface area contributed by atoms with Crippen molar-refractivity contribution in [3.63, 3.8) is 0 Å². The number of aryl methyl sites for hydroxylation is 1. The first-order valence-electron chi connectivity index (χ1n) is 6.15. The number of halogens is 2. The van der Waals surface area contributed by atoms with E-state index in [1.54, 1.807) is 19.3 Å². The first-order chi connectivity index (χ1) is 9.99. The average Bonchev–Trinajstić information content (AvgIpc) is 2.83. The molecule has 1 N–H and O–H groups in total. The van der Waals surface area contributed by atoms with Gasteiger partial charge < -0.3 is 14.6 Å². The third-order valence-electron chi connectivity index (χ3n) is 2.84. The van der Waals surface area contributed by atoms with E-state index in [4.69, 9.17) is 4.74 Å². The van der Waals surface area contributed by atoms with Crippen LogP contribution in [0.5, 0.6) is 11.5 Å². The average molecular weight is 299 g/mol. The summed E-state index contributed by atoms with van der Waals surface area (Å²) >= 11 is 0. The number of hydrogen-bond donors (Lipinski definition) is 1. The van der Waals surface area contributed by atoms with Gasteiger partial charge in [0, 0.05) is 19.7 Å². The number of ether oxygens (including phenoxy) is 2. The fraction of sp³-hybridized carbons (Fsp3) is 0.385. The van der Waals surface area contributed by atoms with Gasteiger partial charge in [0.05, 0.1) is 18.9 Å². The maximum atomic E-state index is 12.4. The van der Waals surface area contributed by atoms with E-state index in [9.17, 15) is 13.9 Å². The Labute approximate surface area is 119 Å². The van der Waals surface area contributed by atoms with Crippen LogP contribution in [0.1, 0.15) is 17.4 Å². The summed E-state index contributed by atoms with van der Waals surface area (Å²) < 4.78 is 35.5. The van der Waals surface area contributed by atoms with Crippen LogP contribution in [-0.4, -0.2) is 33.8 Å². The molecule has 1 atom stereocenters. The van der Waals surface area contributed by atoms with Crippen LogP contribution in [0.3, 0.4) is 0 Å².